The maximum absolute atomic E-state index is 11.7. The van der Waals surface area contributed by atoms with E-state index in [4.69, 9.17) is 16.3 Å². The van der Waals surface area contributed by atoms with E-state index in [9.17, 15) is 9.59 Å². The lowest BCUT2D eigenvalue weighted by molar-refractivity contribution is -0.124. The first-order valence-corrected chi connectivity index (χ1v) is 7.89. The third-order valence-corrected chi connectivity index (χ3v) is 4.72. The molecular formula is C13H12ClNO3S2. The van der Waals surface area contributed by atoms with Gasteiger partial charge >= 0.3 is 5.97 Å². The Hall–Kier alpha value is -1.37. The first kappa shape index (κ1) is 15.0. The van der Waals surface area contributed by atoms with Crippen molar-refractivity contribution >= 4 is 46.2 Å². The van der Waals surface area contributed by atoms with Gasteiger partial charge in [-0.25, -0.2) is 4.79 Å². The summed E-state index contributed by atoms with van der Waals surface area (Å²) in [5.41, 5.74) is 0. The van der Waals surface area contributed by atoms with E-state index in [1.807, 2.05) is 24.4 Å². The average molecular weight is 330 g/mol. The maximum atomic E-state index is 11.7. The molecule has 0 aliphatic rings. The Bertz CT molecular complexity index is 595. The zero-order valence-electron chi connectivity index (χ0n) is 10.6. The molecule has 0 radical (unpaired) electrons. The standard InChI is InChI=1S/C13H12ClNO3S2/c1-8(9-3-2-6-19-9)15-12(16)7-18-13(17)10-4-5-11(14)20-10/h2-6,8H,7H2,1H3,(H,15,16)/t8-/m0/s1. The molecule has 2 rings (SSSR count). The molecule has 7 heteroatoms. The van der Waals surface area contributed by atoms with Crippen molar-refractivity contribution in [3.05, 3.63) is 43.7 Å². The van der Waals surface area contributed by atoms with E-state index < -0.39 is 5.97 Å². The Morgan fingerprint density at radius 1 is 1.40 bits per heavy atom. The second kappa shape index (κ2) is 6.88. The number of halogens is 1. The van der Waals surface area contributed by atoms with E-state index in [0.29, 0.717) is 9.21 Å². The molecule has 106 valence electrons. The molecule has 0 saturated heterocycles. The number of rotatable bonds is 5. The molecule has 0 unspecified atom stereocenters. The molecule has 4 nitrogen and oxygen atoms in total. The van der Waals surface area contributed by atoms with Crippen molar-refractivity contribution < 1.29 is 14.3 Å². The average Bonchev–Trinajstić information content (AvgIpc) is 3.06. The number of amides is 1. The third kappa shape index (κ3) is 4.06. The summed E-state index contributed by atoms with van der Waals surface area (Å²) in [5.74, 6) is -0.872. The zero-order valence-corrected chi connectivity index (χ0v) is 13.0. The van der Waals surface area contributed by atoms with Crippen LogP contribution in [-0.4, -0.2) is 18.5 Å². The Balaban J connectivity index is 1.79. The summed E-state index contributed by atoms with van der Waals surface area (Å²) in [7, 11) is 0. The van der Waals surface area contributed by atoms with E-state index in [1.165, 1.54) is 0 Å². The monoisotopic (exact) mass is 329 g/mol. The van der Waals surface area contributed by atoms with Gasteiger partial charge in [0.25, 0.3) is 5.91 Å². The Morgan fingerprint density at radius 3 is 2.80 bits per heavy atom. The van der Waals surface area contributed by atoms with Gasteiger partial charge in [0.2, 0.25) is 0 Å². The highest BCUT2D eigenvalue weighted by atomic mass is 35.5. The van der Waals surface area contributed by atoms with Crippen LogP contribution in [0, 0.1) is 0 Å². The van der Waals surface area contributed by atoms with Crippen LogP contribution in [0.2, 0.25) is 4.34 Å². The smallest absolute Gasteiger partial charge is 0.348 e. The number of thiophene rings is 2. The predicted octanol–water partition coefficient (Wildman–Crippen LogP) is 3.50. The highest BCUT2D eigenvalue weighted by Gasteiger charge is 2.14. The molecule has 1 N–H and O–H groups in total. The minimum absolute atomic E-state index is 0.0996. The Labute approximate surface area is 129 Å². The third-order valence-electron chi connectivity index (χ3n) is 2.46. The summed E-state index contributed by atoms with van der Waals surface area (Å²) in [4.78, 5) is 24.7. The second-order valence-electron chi connectivity index (χ2n) is 3.98. The van der Waals surface area contributed by atoms with Crippen molar-refractivity contribution in [1.82, 2.24) is 5.32 Å². The van der Waals surface area contributed by atoms with Crippen LogP contribution in [0.25, 0.3) is 0 Å². The zero-order chi connectivity index (χ0) is 14.5. The lowest BCUT2D eigenvalue weighted by atomic mass is 10.3. The van der Waals surface area contributed by atoms with Crippen LogP contribution < -0.4 is 5.32 Å². The maximum Gasteiger partial charge on any atom is 0.348 e. The molecule has 0 aliphatic carbocycles. The van der Waals surface area contributed by atoms with Gasteiger partial charge in [0.1, 0.15) is 4.88 Å². The highest BCUT2D eigenvalue weighted by molar-refractivity contribution is 7.17. The van der Waals surface area contributed by atoms with Gasteiger partial charge in [0.15, 0.2) is 6.61 Å². The van der Waals surface area contributed by atoms with Crippen LogP contribution in [0.15, 0.2) is 29.6 Å². The van der Waals surface area contributed by atoms with Gasteiger partial charge in [0.05, 0.1) is 10.4 Å². The normalized spacial score (nSPS) is 11.9. The number of ether oxygens (including phenoxy) is 1. The molecule has 0 aromatic carbocycles. The summed E-state index contributed by atoms with van der Waals surface area (Å²) in [6, 6.07) is 6.94. The van der Waals surface area contributed by atoms with Gasteiger partial charge < -0.3 is 10.1 Å². The van der Waals surface area contributed by atoms with Gasteiger partial charge in [0, 0.05) is 4.88 Å². The molecule has 1 amide bonds. The molecule has 0 bridgehead atoms. The van der Waals surface area contributed by atoms with E-state index in [1.54, 1.807) is 23.5 Å². The highest BCUT2D eigenvalue weighted by Crippen LogP contribution is 2.22. The molecule has 1 atom stereocenters. The van der Waals surface area contributed by atoms with Gasteiger partial charge in [-0.05, 0) is 30.5 Å². The quantitative estimate of drug-likeness (QED) is 0.854. The SMILES string of the molecule is C[C@H](NC(=O)COC(=O)c1ccc(Cl)s1)c1cccs1. The van der Waals surface area contributed by atoms with Crippen LogP contribution in [0.3, 0.4) is 0 Å². The molecule has 0 spiro atoms. The van der Waals surface area contributed by atoms with Crippen LogP contribution in [0.1, 0.15) is 27.5 Å². The minimum Gasteiger partial charge on any atom is -0.451 e. The second-order valence-corrected chi connectivity index (χ2v) is 6.68. The number of hydrogen-bond donors (Lipinski definition) is 1. The molecule has 20 heavy (non-hydrogen) atoms. The van der Waals surface area contributed by atoms with Crippen LogP contribution in [-0.2, 0) is 9.53 Å². The molecular weight excluding hydrogens is 318 g/mol. The summed E-state index contributed by atoms with van der Waals surface area (Å²) in [5, 5.41) is 4.71. The fourth-order valence-electron chi connectivity index (χ4n) is 1.52. The number of esters is 1. The molecule has 2 aromatic rings. The fourth-order valence-corrected chi connectivity index (χ4v) is 3.19. The Morgan fingerprint density at radius 2 is 2.20 bits per heavy atom. The van der Waals surface area contributed by atoms with E-state index in [-0.39, 0.29) is 18.6 Å². The minimum atomic E-state index is -0.541. The van der Waals surface area contributed by atoms with Crippen molar-refractivity contribution in [3.63, 3.8) is 0 Å². The fraction of sp³-hybridized carbons (Fsp3) is 0.231. The van der Waals surface area contributed by atoms with Gasteiger partial charge in [-0.1, -0.05) is 17.7 Å². The van der Waals surface area contributed by atoms with Crippen molar-refractivity contribution in [2.24, 2.45) is 0 Å². The number of carbonyl (C=O) groups excluding carboxylic acids is 2. The van der Waals surface area contributed by atoms with Gasteiger partial charge in [-0.15, -0.1) is 22.7 Å². The summed E-state index contributed by atoms with van der Waals surface area (Å²) >= 11 is 8.41. The first-order chi connectivity index (χ1) is 9.56. The first-order valence-electron chi connectivity index (χ1n) is 5.81. The van der Waals surface area contributed by atoms with Gasteiger partial charge in [-0.2, -0.15) is 0 Å². The predicted molar refractivity (Wildman–Crippen MR) is 80.5 cm³/mol. The molecule has 0 saturated carbocycles. The molecule has 2 heterocycles. The van der Waals surface area contributed by atoms with Crippen molar-refractivity contribution in [2.75, 3.05) is 6.61 Å². The summed E-state index contributed by atoms with van der Waals surface area (Å²) < 4.78 is 5.43. The number of carbonyl (C=O) groups is 2. The molecule has 2 aromatic heterocycles. The summed E-state index contributed by atoms with van der Waals surface area (Å²) in [6.45, 7) is 1.58. The van der Waals surface area contributed by atoms with Crippen molar-refractivity contribution in [1.29, 1.82) is 0 Å². The van der Waals surface area contributed by atoms with Crippen LogP contribution in [0.5, 0.6) is 0 Å². The topological polar surface area (TPSA) is 55.4 Å². The Kier molecular flexibility index (Phi) is 5.17. The summed E-state index contributed by atoms with van der Waals surface area (Å²) in [6.07, 6.45) is 0. The van der Waals surface area contributed by atoms with E-state index in [0.717, 1.165) is 16.2 Å². The van der Waals surface area contributed by atoms with E-state index in [2.05, 4.69) is 5.32 Å². The molecule has 0 aliphatic heterocycles. The van der Waals surface area contributed by atoms with Crippen molar-refractivity contribution in [2.45, 2.75) is 13.0 Å². The van der Waals surface area contributed by atoms with Gasteiger partial charge in [-0.3, -0.25) is 4.79 Å². The number of nitrogens with one attached hydrogen (secondary N) is 1. The van der Waals surface area contributed by atoms with E-state index >= 15 is 0 Å². The van der Waals surface area contributed by atoms with Crippen LogP contribution in [0.4, 0.5) is 0 Å². The van der Waals surface area contributed by atoms with Crippen molar-refractivity contribution in [3.8, 4) is 0 Å². The largest absolute Gasteiger partial charge is 0.451 e. The lowest BCUT2D eigenvalue weighted by Gasteiger charge is -2.12. The number of hydrogen-bond acceptors (Lipinski definition) is 5. The molecule has 0 fully saturated rings. The van der Waals surface area contributed by atoms with Crippen LogP contribution >= 0.6 is 34.3 Å². The lowest BCUT2D eigenvalue weighted by Crippen LogP contribution is -2.30.